The summed E-state index contributed by atoms with van der Waals surface area (Å²) in [5.74, 6) is -1.99. The van der Waals surface area contributed by atoms with Crippen LogP contribution in [0.3, 0.4) is 0 Å². The van der Waals surface area contributed by atoms with Gasteiger partial charge in [-0.3, -0.25) is 14.5 Å². The molecule has 2 amide bonds. The second-order valence-electron chi connectivity index (χ2n) is 6.61. The number of fused-ring (bicyclic) bond motifs is 1. The van der Waals surface area contributed by atoms with Gasteiger partial charge in [0.2, 0.25) is 11.5 Å². The van der Waals surface area contributed by atoms with Crippen molar-refractivity contribution in [3.8, 4) is 0 Å². The average molecular weight is 545 g/mol. The van der Waals surface area contributed by atoms with Crippen LogP contribution in [0.25, 0.3) is 0 Å². The maximum atomic E-state index is 12.9. The molecule has 0 saturated carbocycles. The van der Waals surface area contributed by atoms with Crippen LogP contribution in [0.4, 0.5) is 5.13 Å². The molecule has 2 aliphatic heterocycles. The van der Waals surface area contributed by atoms with E-state index >= 15 is 0 Å². The van der Waals surface area contributed by atoms with Crippen molar-refractivity contribution in [1.29, 1.82) is 0 Å². The Bertz CT molecular complexity index is 1200. The van der Waals surface area contributed by atoms with Crippen LogP contribution in [0, 0.1) is 0 Å². The molecule has 0 bridgehead atoms. The minimum Gasteiger partial charge on any atom is -0.477 e. The molecule has 14 nitrogen and oxygen atoms in total. The summed E-state index contributed by atoms with van der Waals surface area (Å²) in [6, 6.07) is -0.964. The Morgan fingerprint density at radius 3 is 2.82 bits per heavy atom. The molecule has 0 aromatic carbocycles. The molecule has 34 heavy (non-hydrogen) atoms. The summed E-state index contributed by atoms with van der Waals surface area (Å²) in [4.78, 5) is 47.4. The summed E-state index contributed by atoms with van der Waals surface area (Å²) in [6.07, 6.45) is 0. The number of carbonyl (C=O) groups excluding carboxylic acids is 2. The normalized spacial score (nSPS) is 20.1. The monoisotopic (exact) mass is 544 g/mol. The van der Waals surface area contributed by atoms with Crippen molar-refractivity contribution in [2.24, 2.45) is 5.16 Å². The van der Waals surface area contributed by atoms with Gasteiger partial charge in [0.15, 0.2) is 9.47 Å². The summed E-state index contributed by atoms with van der Waals surface area (Å²) >= 11 is 4.68. The third-order valence-corrected chi connectivity index (χ3v) is 8.55. The first kappa shape index (κ1) is 24.3. The maximum Gasteiger partial charge on any atom is 0.352 e. The molecule has 0 spiro atoms. The number of carbonyl (C=O) groups is 3. The Morgan fingerprint density at radius 2 is 2.21 bits per heavy atom. The molecule has 2 aromatic rings. The first-order valence-electron chi connectivity index (χ1n) is 9.31. The molecular formula is C16H16N8O6S4. The third kappa shape index (κ3) is 4.71. The van der Waals surface area contributed by atoms with Gasteiger partial charge in [-0.15, -0.1) is 22.0 Å². The zero-order chi connectivity index (χ0) is 24.4. The minimum absolute atomic E-state index is 0.0479. The van der Waals surface area contributed by atoms with Crippen molar-refractivity contribution in [3.63, 3.8) is 0 Å². The van der Waals surface area contributed by atoms with Gasteiger partial charge < -0.3 is 26.1 Å². The van der Waals surface area contributed by atoms with E-state index in [0.29, 0.717) is 20.7 Å². The van der Waals surface area contributed by atoms with Gasteiger partial charge in [-0.1, -0.05) is 28.3 Å². The first-order chi connectivity index (χ1) is 16.3. The highest BCUT2D eigenvalue weighted by Crippen LogP contribution is 2.41. The van der Waals surface area contributed by atoms with E-state index in [1.54, 1.807) is 0 Å². The summed E-state index contributed by atoms with van der Waals surface area (Å²) in [6.45, 7) is -0.225. The summed E-state index contributed by atoms with van der Waals surface area (Å²) in [5, 5.41) is 32.8. The molecule has 0 aliphatic carbocycles. The molecule has 1 saturated heterocycles. The molecule has 2 aromatic heterocycles. The Balaban J connectivity index is 1.48. The molecule has 180 valence electrons. The van der Waals surface area contributed by atoms with E-state index < -0.39 is 29.2 Å². The van der Waals surface area contributed by atoms with Crippen molar-refractivity contribution < 1.29 is 29.4 Å². The number of nitrogens with zero attached hydrogens (tertiary/aromatic N) is 6. The van der Waals surface area contributed by atoms with Crippen molar-refractivity contribution in [3.05, 3.63) is 22.1 Å². The smallest absolute Gasteiger partial charge is 0.352 e. The number of aliphatic carboxylic acids is 1. The average Bonchev–Trinajstić information content (AvgIpc) is 3.47. The van der Waals surface area contributed by atoms with E-state index in [1.165, 1.54) is 46.9 Å². The number of aromatic nitrogens is 4. The van der Waals surface area contributed by atoms with E-state index in [1.807, 2.05) is 0 Å². The Labute approximate surface area is 207 Å². The number of nitrogens with one attached hydrogen (secondary N) is 1. The second kappa shape index (κ2) is 10.2. The fourth-order valence-electron chi connectivity index (χ4n) is 3.12. The lowest BCUT2D eigenvalue weighted by atomic mass is 10.0. The number of β-lactam (4-membered cyclic amide) rings is 1. The predicted molar refractivity (Wildman–Crippen MR) is 124 cm³/mol. The number of carboxylic acids is 1. The Hall–Kier alpha value is -2.80. The lowest BCUT2D eigenvalue weighted by molar-refractivity contribution is -0.150. The highest BCUT2D eigenvalue weighted by atomic mass is 32.2. The van der Waals surface area contributed by atoms with Gasteiger partial charge in [-0.05, 0) is 5.57 Å². The lowest BCUT2D eigenvalue weighted by Gasteiger charge is -2.49. The summed E-state index contributed by atoms with van der Waals surface area (Å²) in [5.41, 5.74) is 5.73. The lowest BCUT2D eigenvalue weighted by Crippen LogP contribution is -2.71. The highest BCUT2D eigenvalue weighted by Gasteiger charge is 2.54. The van der Waals surface area contributed by atoms with Crippen LogP contribution in [0.1, 0.15) is 10.8 Å². The van der Waals surface area contributed by atoms with Crippen LogP contribution in [-0.4, -0.2) is 88.2 Å². The van der Waals surface area contributed by atoms with E-state index in [2.05, 4.69) is 30.0 Å². The predicted octanol–water partition coefficient (Wildman–Crippen LogP) is -0.654. The minimum atomic E-state index is -1.24. The van der Waals surface area contributed by atoms with Crippen LogP contribution in [0.15, 0.2) is 20.8 Å². The number of hydrogen-bond donors (Lipinski definition) is 4. The number of aliphatic hydroxyl groups is 1. The molecule has 2 aliphatic rings. The number of nitrogens with two attached hydrogens (primary N) is 1. The molecule has 5 N–H and O–H groups in total. The largest absolute Gasteiger partial charge is 0.477 e. The summed E-state index contributed by atoms with van der Waals surface area (Å²) < 4.78 is 4.51. The van der Waals surface area contributed by atoms with Crippen molar-refractivity contribution in [1.82, 2.24) is 29.8 Å². The van der Waals surface area contributed by atoms with Crippen molar-refractivity contribution >= 4 is 75.0 Å². The fraction of sp³-hybridized carbons (Fsp3) is 0.375. The van der Waals surface area contributed by atoms with Crippen LogP contribution >= 0.6 is 46.4 Å². The number of aliphatic hydroxyl groups excluding tert-OH is 1. The molecule has 4 rings (SSSR count). The van der Waals surface area contributed by atoms with Gasteiger partial charge in [-0.25, -0.2) is 4.79 Å². The molecular weight excluding hydrogens is 528 g/mol. The molecule has 1 fully saturated rings. The van der Waals surface area contributed by atoms with E-state index in [4.69, 9.17) is 15.7 Å². The second-order valence-corrected chi connectivity index (χ2v) is 10.8. The van der Waals surface area contributed by atoms with Crippen molar-refractivity contribution in [2.45, 2.75) is 22.4 Å². The van der Waals surface area contributed by atoms with Crippen LogP contribution in [0.2, 0.25) is 0 Å². The number of amides is 2. The Kier molecular flexibility index (Phi) is 7.31. The molecule has 0 radical (unpaired) electrons. The molecule has 2 atom stereocenters. The number of thioether (sulfide) groups is 2. The summed E-state index contributed by atoms with van der Waals surface area (Å²) in [7, 11) is 1.24. The van der Waals surface area contributed by atoms with E-state index in [0.717, 1.165) is 11.5 Å². The highest BCUT2D eigenvalue weighted by molar-refractivity contribution is 8.01. The third-order valence-electron chi connectivity index (χ3n) is 4.54. The van der Waals surface area contributed by atoms with E-state index in [-0.39, 0.29) is 34.7 Å². The van der Waals surface area contributed by atoms with Crippen LogP contribution < -0.4 is 11.1 Å². The van der Waals surface area contributed by atoms with Crippen LogP contribution in [0.5, 0.6) is 0 Å². The standard InChI is InChI=1S/C16H16N8O6S4/c1-30-22-7(10-19-15(17)34-23-10)11(26)18-8-12(27)24-9(14(28)29)5(3-31-13(8)24)4-32-16-21-20-6(2-25)33-16/h8,13,25H,2-4H2,1H3,(H,18,26)(H,28,29)(H2,17,19,23)/b22-7+/t8?,13-/m1/s1. The van der Waals surface area contributed by atoms with Gasteiger partial charge in [0.05, 0.1) is 6.61 Å². The van der Waals surface area contributed by atoms with Gasteiger partial charge in [0.25, 0.3) is 11.8 Å². The van der Waals surface area contributed by atoms with E-state index in [9.17, 15) is 19.5 Å². The quantitative estimate of drug-likeness (QED) is 0.134. The number of nitrogen functional groups attached to an aromatic ring is 1. The van der Waals surface area contributed by atoms with Gasteiger partial charge in [0, 0.05) is 23.0 Å². The maximum absolute atomic E-state index is 12.9. The number of rotatable bonds is 9. The fourth-order valence-corrected chi connectivity index (χ4v) is 6.80. The van der Waals surface area contributed by atoms with Gasteiger partial charge in [0.1, 0.15) is 29.2 Å². The zero-order valence-corrected chi connectivity index (χ0v) is 20.5. The Morgan fingerprint density at radius 1 is 1.41 bits per heavy atom. The van der Waals surface area contributed by atoms with Crippen LogP contribution in [-0.2, 0) is 25.8 Å². The first-order valence-corrected chi connectivity index (χ1v) is 12.9. The molecule has 4 heterocycles. The van der Waals surface area contributed by atoms with Gasteiger partial charge >= 0.3 is 5.97 Å². The number of carboxylic acid groups (broad SMARTS) is 1. The number of oxime groups is 1. The topological polar surface area (TPSA) is 206 Å². The van der Waals surface area contributed by atoms with Crippen molar-refractivity contribution in [2.75, 3.05) is 24.3 Å². The molecule has 1 unspecified atom stereocenters. The molecule has 18 heteroatoms. The SMILES string of the molecule is CO/N=C(/C(=O)NC1C(=O)N2C(C(=O)O)=C(CSc3nnc(CO)s3)CS[C@H]12)c1nsc(N)n1. The number of hydrogen-bond acceptors (Lipinski definition) is 15. The number of anilines is 1. The van der Waals surface area contributed by atoms with Gasteiger partial charge in [-0.2, -0.15) is 9.36 Å². The zero-order valence-electron chi connectivity index (χ0n) is 17.2.